The number of hydrogen-bond acceptors (Lipinski definition) is 10. The third-order valence-electron chi connectivity index (χ3n) is 3.46. The Balaban J connectivity index is 0.00000196. The molecular weight excluding hydrogens is 403 g/mol. The molecule has 0 bridgehead atoms. The number of anilines is 2. The largest absolute Gasteiger partial charge is 0.370 e. The first kappa shape index (κ1) is 23.3. The van der Waals surface area contributed by atoms with E-state index in [1.54, 1.807) is 0 Å². The van der Waals surface area contributed by atoms with Crippen LogP contribution in [0.1, 0.15) is 27.7 Å². The molecule has 154 valence electrons. The predicted octanol–water partition coefficient (Wildman–Crippen LogP) is 1.37. The van der Waals surface area contributed by atoms with Gasteiger partial charge in [-0.1, -0.05) is 0 Å². The van der Waals surface area contributed by atoms with E-state index in [1.807, 2.05) is 52.0 Å². The van der Waals surface area contributed by atoms with Gasteiger partial charge in [-0.15, -0.1) is 24.8 Å². The highest BCUT2D eigenvalue weighted by Gasteiger charge is 2.22. The fourth-order valence-corrected chi connectivity index (χ4v) is 2.57. The van der Waals surface area contributed by atoms with Gasteiger partial charge in [0.25, 0.3) is 0 Å². The summed E-state index contributed by atoms with van der Waals surface area (Å²) in [5, 5.41) is 12.2. The van der Waals surface area contributed by atoms with Crippen molar-refractivity contribution >= 4 is 60.0 Å². The van der Waals surface area contributed by atoms with E-state index in [1.165, 1.54) is 0 Å². The lowest BCUT2D eigenvalue weighted by Gasteiger charge is -2.25. The molecule has 0 atom stereocenters. The lowest BCUT2D eigenvalue weighted by atomic mass is 10.2. The molecule has 0 aromatic heterocycles. The summed E-state index contributed by atoms with van der Waals surface area (Å²) in [6.07, 6.45) is 0. The van der Waals surface area contributed by atoms with Crippen LogP contribution >= 0.6 is 24.8 Å². The van der Waals surface area contributed by atoms with E-state index in [9.17, 15) is 0 Å². The summed E-state index contributed by atoms with van der Waals surface area (Å²) in [4.78, 5) is 17.3. The Morgan fingerprint density at radius 3 is 1.29 bits per heavy atom. The van der Waals surface area contributed by atoms with Gasteiger partial charge >= 0.3 is 0 Å². The first-order valence-electron chi connectivity index (χ1n) is 8.19. The van der Waals surface area contributed by atoms with Gasteiger partial charge in [0.1, 0.15) is 0 Å². The van der Waals surface area contributed by atoms with Crippen LogP contribution in [-0.4, -0.2) is 35.2 Å². The second-order valence-corrected chi connectivity index (χ2v) is 6.98. The van der Waals surface area contributed by atoms with Crippen LogP contribution in [-0.2, 0) is 0 Å². The Morgan fingerprint density at radius 2 is 1.00 bits per heavy atom. The molecule has 1 aromatic carbocycles. The van der Waals surface area contributed by atoms with Gasteiger partial charge in [-0.2, -0.15) is 0 Å². The van der Waals surface area contributed by atoms with Crippen LogP contribution in [0.25, 0.3) is 0 Å². The van der Waals surface area contributed by atoms with Gasteiger partial charge in [0.15, 0.2) is 23.2 Å². The molecule has 0 saturated carbocycles. The molecule has 0 amide bonds. The number of nitrogens with zero attached hydrogens (tertiary/aromatic N) is 4. The van der Waals surface area contributed by atoms with Gasteiger partial charge in [0.2, 0.25) is 11.9 Å². The number of benzene rings is 1. The van der Waals surface area contributed by atoms with Gasteiger partial charge < -0.3 is 22.1 Å². The summed E-state index contributed by atoms with van der Waals surface area (Å²) >= 11 is 0. The molecule has 28 heavy (non-hydrogen) atoms. The van der Waals surface area contributed by atoms with Crippen molar-refractivity contribution in [3.05, 3.63) is 24.3 Å². The zero-order chi connectivity index (χ0) is 18.9. The van der Waals surface area contributed by atoms with E-state index < -0.39 is 11.3 Å². The molecule has 0 radical (unpaired) electrons. The second kappa shape index (κ2) is 8.53. The van der Waals surface area contributed by atoms with E-state index in [4.69, 9.17) is 11.5 Å². The molecule has 2 heterocycles. The van der Waals surface area contributed by atoms with E-state index in [0.29, 0.717) is 23.8 Å². The van der Waals surface area contributed by atoms with Gasteiger partial charge in [-0.25, -0.2) is 20.0 Å². The van der Waals surface area contributed by atoms with Crippen molar-refractivity contribution in [3.63, 3.8) is 0 Å². The van der Waals surface area contributed by atoms with Gasteiger partial charge in [-0.05, 0) is 52.0 Å². The number of hydrogen-bond donors (Lipinski definition) is 6. The number of nitrogens with one attached hydrogen (secondary N) is 4. The minimum atomic E-state index is -0.599. The molecule has 3 rings (SSSR count). The number of halogens is 2. The van der Waals surface area contributed by atoms with Gasteiger partial charge in [-0.3, -0.25) is 10.6 Å². The molecule has 0 fully saturated rings. The molecule has 0 unspecified atom stereocenters. The average molecular weight is 429 g/mol. The minimum Gasteiger partial charge on any atom is -0.370 e. The second-order valence-electron chi connectivity index (χ2n) is 6.98. The summed E-state index contributed by atoms with van der Waals surface area (Å²) < 4.78 is 0. The van der Waals surface area contributed by atoms with Crippen molar-refractivity contribution < 1.29 is 0 Å². The molecular formula is C16H26Cl2N10. The Labute approximate surface area is 176 Å². The molecule has 12 heteroatoms. The molecule has 2 aliphatic heterocycles. The highest BCUT2D eigenvalue weighted by atomic mass is 35.5. The maximum atomic E-state index is 5.78. The zero-order valence-corrected chi connectivity index (χ0v) is 17.7. The zero-order valence-electron chi connectivity index (χ0n) is 16.1. The predicted molar refractivity (Wildman–Crippen MR) is 121 cm³/mol. The van der Waals surface area contributed by atoms with Crippen LogP contribution in [0.15, 0.2) is 44.2 Å². The third kappa shape index (κ3) is 6.17. The highest BCUT2D eigenvalue weighted by Crippen LogP contribution is 2.18. The van der Waals surface area contributed by atoms with E-state index >= 15 is 0 Å². The normalized spacial score (nSPS) is 19.0. The Hall–Kier alpha value is -2.72. The third-order valence-corrected chi connectivity index (χ3v) is 3.46. The van der Waals surface area contributed by atoms with E-state index in [0.717, 1.165) is 11.4 Å². The van der Waals surface area contributed by atoms with Crippen molar-refractivity contribution in [1.29, 1.82) is 0 Å². The summed E-state index contributed by atoms with van der Waals surface area (Å²) in [5.74, 6) is 1.75. The summed E-state index contributed by atoms with van der Waals surface area (Å²) in [7, 11) is 0. The van der Waals surface area contributed by atoms with Crippen molar-refractivity contribution in [2.24, 2.45) is 31.4 Å². The molecule has 8 N–H and O–H groups in total. The average Bonchev–Trinajstić information content (AvgIpc) is 2.45. The van der Waals surface area contributed by atoms with Crippen LogP contribution in [0.5, 0.6) is 0 Å². The van der Waals surface area contributed by atoms with Gasteiger partial charge in [0.05, 0.1) is 0 Å². The maximum absolute atomic E-state index is 5.78. The number of rotatable bonds is 2. The quantitative estimate of drug-likeness (QED) is 0.418. The fourth-order valence-electron chi connectivity index (χ4n) is 2.57. The van der Waals surface area contributed by atoms with Crippen LogP contribution in [0.4, 0.5) is 11.4 Å². The number of aliphatic imine (C=N–C) groups is 4. The lowest BCUT2D eigenvalue weighted by Crippen LogP contribution is -2.47. The molecule has 0 aliphatic carbocycles. The first-order valence-corrected chi connectivity index (χ1v) is 8.19. The van der Waals surface area contributed by atoms with Crippen molar-refractivity contribution in [2.45, 2.75) is 39.0 Å². The van der Waals surface area contributed by atoms with Crippen molar-refractivity contribution in [2.75, 3.05) is 10.6 Å². The van der Waals surface area contributed by atoms with Gasteiger partial charge in [0, 0.05) is 11.4 Å². The monoisotopic (exact) mass is 428 g/mol. The number of guanidine groups is 4. The molecule has 10 nitrogen and oxygen atoms in total. The smallest absolute Gasteiger partial charge is 0.205 e. The fraction of sp³-hybridized carbons (Fsp3) is 0.375. The summed E-state index contributed by atoms with van der Waals surface area (Å²) in [6.45, 7) is 7.52. The maximum Gasteiger partial charge on any atom is 0.205 e. The van der Waals surface area contributed by atoms with Crippen LogP contribution in [0.3, 0.4) is 0 Å². The number of nitrogens with two attached hydrogens (primary N) is 2. The Bertz CT molecular complexity index is 755. The van der Waals surface area contributed by atoms with E-state index in [-0.39, 0.29) is 24.8 Å². The van der Waals surface area contributed by atoms with Crippen LogP contribution in [0.2, 0.25) is 0 Å². The lowest BCUT2D eigenvalue weighted by molar-refractivity contribution is 0.540. The van der Waals surface area contributed by atoms with Crippen LogP contribution < -0.4 is 32.7 Å². The van der Waals surface area contributed by atoms with Crippen molar-refractivity contribution in [1.82, 2.24) is 10.6 Å². The molecule has 2 aliphatic rings. The minimum absolute atomic E-state index is 0. The van der Waals surface area contributed by atoms with E-state index in [2.05, 4.69) is 41.2 Å². The standard InChI is InChI=1S/C16H24N10.2ClH/c1-15(2)23-11(17)21-13(25-15)19-9-5-7-10(8-6-9)20-14-22-12(18)24-16(3,4)26-14;;/h5-8H,1-4H3,(H4,17,19,21,23,25)(H4,18,20,22,24,26);2*1H. The Morgan fingerprint density at radius 1 is 0.679 bits per heavy atom. The summed E-state index contributed by atoms with van der Waals surface area (Å²) in [6, 6.07) is 7.64. The topological polar surface area (TPSA) is 150 Å². The Kier molecular flexibility index (Phi) is 7.10. The SMILES string of the molecule is CC1(C)N=C(N)NC(Nc2ccc(NC3=NC(C)(C)N=C(N)N3)cc2)=N1.Cl.Cl. The molecule has 1 aromatic rings. The molecule has 0 saturated heterocycles. The van der Waals surface area contributed by atoms with Crippen LogP contribution in [0, 0.1) is 0 Å². The highest BCUT2D eigenvalue weighted by molar-refractivity contribution is 6.07. The van der Waals surface area contributed by atoms with Crippen molar-refractivity contribution in [3.8, 4) is 0 Å². The summed E-state index contributed by atoms with van der Waals surface area (Å²) in [5.41, 5.74) is 12.1. The first-order chi connectivity index (χ1) is 12.1. The molecule has 0 spiro atoms.